The van der Waals surface area contributed by atoms with Crippen LogP contribution in [0.15, 0.2) is 24.3 Å². The topological polar surface area (TPSA) is 66.8 Å². The van der Waals surface area contributed by atoms with E-state index >= 15 is 0 Å². The Hall–Kier alpha value is -1.46. The molecule has 1 aromatic carbocycles. The fourth-order valence-electron chi connectivity index (χ4n) is 1.46. The molecule has 0 aliphatic heterocycles. The maximum absolute atomic E-state index is 10.6. The second kappa shape index (κ2) is 7.86. The van der Waals surface area contributed by atoms with Gasteiger partial charge in [-0.1, -0.05) is 13.0 Å². The van der Waals surface area contributed by atoms with Crippen LogP contribution < -0.4 is 4.74 Å². The molecule has 0 spiro atoms. The van der Waals surface area contributed by atoms with Gasteiger partial charge in [0.1, 0.15) is 5.75 Å². The summed E-state index contributed by atoms with van der Waals surface area (Å²) in [5.74, 6) is 0.414. The van der Waals surface area contributed by atoms with Gasteiger partial charge in [0.05, 0.1) is 13.7 Å². The number of hydrogen-bond acceptors (Lipinski definition) is 4. The SMILES string of the molecule is COc1ccc(CSC(C)CO)cc1/C=C/C(=O)O. The minimum absolute atomic E-state index is 0.145. The van der Waals surface area contributed by atoms with Crippen LogP contribution >= 0.6 is 11.8 Å². The molecule has 0 aliphatic carbocycles. The normalized spacial score (nSPS) is 12.6. The molecule has 4 nitrogen and oxygen atoms in total. The largest absolute Gasteiger partial charge is 0.496 e. The van der Waals surface area contributed by atoms with Crippen molar-refractivity contribution >= 4 is 23.8 Å². The van der Waals surface area contributed by atoms with E-state index in [1.807, 2.05) is 25.1 Å². The van der Waals surface area contributed by atoms with Gasteiger partial charge in [-0.15, -0.1) is 0 Å². The Morgan fingerprint density at radius 3 is 2.84 bits per heavy atom. The molecule has 0 radical (unpaired) electrons. The highest BCUT2D eigenvalue weighted by Gasteiger charge is 2.05. The molecule has 1 aromatic rings. The summed E-state index contributed by atoms with van der Waals surface area (Å²) in [7, 11) is 1.55. The summed E-state index contributed by atoms with van der Waals surface area (Å²) >= 11 is 1.64. The van der Waals surface area contributed by atoms with Gasteiger partial charge in [0.2, 0.25) is 0 Å². The van der Waals surface area contributed by atoms with Crippen molar-refractivity contribution in [1.29, 1.82) is 0 Å². The molecule has 1 atom stereocenters. The molecule has 1 rings (SSSR count). The predicted octanol–water partition coefficient (Wildman–Crippen LogP) is 2.41. The lowest BCUT2D eigenvalue weighted by molar-refractivity contribution is -0.131. The van der Waals surface area contributed by atoms with Gasteiger partial charge in [0.15, 0.2) is 0 Å². The van der Waals surface area contributed by atoms with Crippen molar-refractivity contribution in [2.75, 3.05) is 13.7 Å². The molecule has 0 saturated heterocycles. The van der Waals surface area contributed by atoms with E-state index in [9.17, 15) is 4.79 Å². The van der Waals surface area contributed by atoms with Gasteiger partial charge in [-0.05, 0) is 23.8 Å². The first-order chi connectivity index (χ1) is 9.06. The number of carboxylic acids is 1. The monoisotopic (exact) mass is 282 g/mol. The lowest BCUT2D eigenvalue weighted by Gasteiger charge is -2.10. The number of carboxylic acid groups (broad SMARTS) is 1. The number of thioether (sulfide) groups is 1. The fraction of sp³-hybridized carbons (Fsp3) is 0.357. The Labute approximate surface area is 117 Å². The Kier molecular flexibility index (Phi) is 6.45. The van der Waals surface area contributed by atoms with E-state index in [-0.39, 0.29) is 11.9 Å². The van der Waals surface area contributed by atoms with Gasteiger partial charge in [-0.25, -0.2) is 4.79 Å². The maximum atomic E-state index is 10.6. The first kappa shape index (κ1) is 15.6. The molecule has 2 N–H and O–H groups in total. The molecular formula is C14H18O4S. The van der Waals surface area contributed by atoms with Crippen molar-refractivity contribution in [2.24, 2.45) is 0 Å². The van der Waals surface area contributed by atoms with Crippen LogP contribution in [0.2, 0.25) is 0 Å². The summed E-state index contributed by atoms with van der Waals surface area (Å²) in [6.07, 6.45) is 2.61. The van der Waals surface area contributed by atoms with Crippen LogP contribution in [0.4, 0.5) is 0 Å². The van der Waals surface area contributed by atoms with E-state index < -0.39 is 5.97 Å². The van der Waals surface area contributed by atoms with Gasteiger partial charge in [-0.2, -0.15) is 11.8 Å². The van der Waals surface area contributed by atoms with E-state index in [1.165, 1.54) is 6.08 Å². The highest BCUT2D eigenvalue weighted by molar-refractivity contribution is 7.99. The lowest BCUT2D eigenvalue weighted by Crippen LogP contribution is -2.02. The summed E-state index contributed by atoms with van der Waals surface area (Å²) in [5.41, 5.74) is 1.80. The second-order valence-electron chi connectivity index (χ2n) is 4.05. The van der Waals surface area contributed by atoms with Crippen molar-refractivity contribution < 1.29 is 19.7 Å². The third-order valence-electron chi connectivity index (χ3n) is 2.49. The molecule has 0 saturated carbocycles. The van der Waals surface area contributed by atoms with Crippen LogP contribution in [0.1, 0.15) is 18.1 Å². The van der Waals surface area contributed by atoms with Crippen LogP contribution in [-0.4, -0.2) is 35.1 Å². The molecule has 1 unspecified atom stereocenters. The van der Waals surface area contributed by atoms with E-state index in [0.717, 1.165) is 23.0 Å². The zero-order valence-electron chi connectivity index (χ0n) is 11.0. The van der Waals surface area contributed by atoms with Gasteiger partial charge in [0, 0.05) is 22.6 Å². The minimum atomic E-state index is -0.990. The van der Waals surface area contributed by atoms with E-state index in [2.05, 4.69) is 0 Å². The quantitative estimate of drug-likeness (QED) is 0.752. The second-order valence-corrected chi connectivity index (χ2v) is 5.48. The molecule has 19 heavy (non-hydrogen) atoms. The van der Waals surface area contributed by atoms with Crippen LogP contribution in [0.3, 0.4) is 0 Å². The lowest BCUT2D eigenvalue weighted by atomic mass is 10.1. The van der Waals surface area contributed by atoms with Crippen LogP contribution in [0.25, 0.3) is 6.08 Å². The van der Waals surface area contributed by atoms with E-state index in [0.29, 0.717) is 5.75 Å². The smallest absolute Gasteiger partial charge is 0.328 e. The third kappa shape index (κ3) is 5.36. The molecule has 0 heterocycles. The first-order valence-corrected chi connectivity index (χ1v) is 6.92. The standard InChI is InChI=1S/C14H18O4S/c1-10(8-15)19-9-11-3-5-13(18-2)12(7-11)4-6-14(16)17/h3-7,10,15H,8-9H2,1-2H3,(H,16,17)/b6-4+. The maximum Gasteiger partial charge on any atom is 0.328 e. The van der Waals surface area contributed by atoms with E-state index in [4.69, 9.17) is 14.9 Å². The summed E-state index contributed by atoms with van der Waals surface area (Å²) < 4.78 is 5.19. The number of hydrogen-bond donors (Lipinski definition) is 2. The summed E-state index contributed by atoms with van der Waals surface area (Å²) in [6.45, 7) is 2.10. The summed E-state index contributed by atoms with van der Waals surface area (Å²) in [6, 6.07) is 5.66. The predicted molar refractivity (Wildman–Crippen MR) is 77.5 cm³/mol. The van der Waals surface area contributed by atoms with Crippen LogP contribution in [0, 0.1) is 0 Å². The molecule has 5 heteroatoms. The molecule has 0 amide bonds. The Balaban J connectivity index is 2.85. The first-order valence-electron chi connectivity index (χ1n) is 5.87. The number of aliphatic carboxylic acids is 1. The van der Waals surface area contributed by atoms with Gasteiger partial charge in [-0.3, -0.25) is 0 Å². The highest BCUT2D eigenvalue weighted by atomic mass is 32.2. The number of methoxy groups -OCH3 is 1. The minimum Gasteiger partial charge on any atom is -0.496 e. The van der Waals surface area contributed by atoms with Crippen LogP contribution in [-0.2, 0) is 10.5 Å². The van der Waals surface area contributed by atoms with Gasteiger partial charge in [0.25, 0.3) is 0 Å². The van der Waals surface area contributed by atoms with Gasteiger partial charge < -0.3 is 14.9 Å². The van der Waals surface area contributed by atoms with E-state index in [1.54, 1.807) is 18.9 Å². The van der Waals surface area contributed by atoms with Crippen molar-refractivity contribution in [3.63, 3.8) is 0 Å². The number of carbonyl (C=O) groups is 1. The summed E-state index contributed by atoms with van der Waals surface area (Å²) in [4.78, 5) is 10.6. The Morgan fingerprint density at radius 2 is 2.26 bits per heavy atom. The number of aliphatic hydroxyl groups excluding tert-OH is 1. The fourth-order valence-corrected chi connectivity index (χ4v) is 2.22. The number of ether oxygens (including phenoxy) is 1. The van der Waals surface area contributed by atoms with Crippen molar-refractivity contribution in [3.8, 4) is 5.75 Å². The third-order valence-corrected chi connectivity index (χ3v) is 3.71. The number of aliphatic hydroxyl groups is 1. The number of benzene rings is 1. The molecule has 104 valence electrons. The Bertz CT molecular complexity index is 457. The average Bonchev–Trinajstić information content (AvgIpc) is 2.42. The zero-order chi connectivity index (χ0) is 14.3. The molecule has 0 fully saturated rings. The van der Waals surface area contributed by atoms with Crippen molar-refractivity contribution in [2.45, 2.75) is 17.9 Å². The average molecular weight is 282 g/mol. The molecule has 0 aromatic heterocycles. The Morgan fingerprint density at radius 1 is 1.53 bits per heavy atom. The zero-order valence-corrected chi connectivity index (χ0v) is 11.8. The van der Waals surface area contributed by atoms with Crippen LogP contribution in [0.5, 0.6) is 5.75 Å². The summed E-state index contributed by atoms with van der Waals surface area (Å²) in [5, 5.41) is 17.8. The van der Waals surface area contributed by atoms with Gasteiger partial charge >= 0.3 is 5.97 Å². The van der Waals surface area contributed by atoms with Crippen molar-refractivity contribution in [3.05, 3.63) is 35.4 Å². The highest BCUT2D eigenvalue weighted by Crippen LogP contribution is 2.25. The van der Waals surface area contributed by atoms with Crippen molar-refractivity contribution in [1.82, 2.24) is 0 Å². The molecular weight excluding hydrogens is 264 g/mol. The number of rotatable bonds is 7. The molecule has 0 aliphatic rings. The molecule has 0 bridgehead atoms.